The number of nitrogens with one attached hydrogen (secondary N) is 1. The molecular weight excluding hydrogens is 456 g/mol. The molecule has 0 spiro atoms. The van der Waals surface area contributed by atoms with Gasteiger partial charge in [0.05, 0.1) is 18.1 Å². The number of carbonyl (C=O) groups is 2. The summed E-state index contributed by atoms with van der Waals surface area (Å²) in [7, 11) is 1.56. The maximum atomic E-state index is 12.8. The third-order valence-corrected chi connectivity index (χ3v) is 6.06. The molecule has 2 amide bonds. The van der Waals surface area contributed by atoms with Gasteiger partial charge >= 0.3 is 0 Å². The molecule has 1 heterocycles. The number of hydrogen-bond donors (Lipinski definition) is 1. The lowest BCUT2D eigenvalue weighted by Crippen LogP contribution is -2.44. The Morgan fingerprint density at radius 3 is 2.61 bits per heavy atom. The summed E-state index contributed by atoms with van der Waals surface area (Å²) in [5, 5.41) is 1.58. The predicted molar refractivity (Wildman–Crippen MR) is 127 cm³/mol. The number of benzene rings is 2. The molecule has 6 nitrogen and oxygen atoms in total. The van der Waals surface area contributed by atoms with E-state index in [2.05, 4.69) is 5.43 Å². The van der Waals surface area contributed by atoms with E-state index in [0.29, 0.717) is 27.0 Å². The summed E-state index contributed by atoms with van der Waals surface area (Å²) in [6.07, 6.45) is 2.62. The highest BCUT2D eigenvalue weighted by Gasteiger charge is 2.33. The minimum atomic E-state index is -0.456. The lowest BCUT2D eigenvalue weighted by Gasteiger charge is -2.16. The number of hydrogen-bond acceptors (Lipinski definition) is 6. The summed E-state index contributed by atoms with van der Waals surface area (Å²) < 4.78 is 11.5. The maximum Gasteiger partial charge on any atom is 0.285 e. The third-order valence-electron chi connectivity index (χ3n) is 4.50. The van der Waals surface area contributed by atoms with Crippen molar-refractivity contribution < 1.29 is 19.1 Å². The van der Waals surface area contributed by atoms with E-state index >= 15 is 0 Å². The molecule has 0 aromatic heterocycles. The van der Waals surface area contributed by atoms with Gasteiger partial charge in [-0.05, 0) is 73.6 Å². The van der Waals surface area contributed by atoms with Gasteiger partial charge < -0.3 is 9.47 Å². The van der Waals surface area contributed by atoms with E-state index in [1.165, 1.54) is 0 Å². The van der Waals surface area contributed by atoms with Crippen LogP contribution in [0.1, 0.15) is 36.2 Å². The van der Waals surface area contributed by atoms with Crippen LogP contribution in [0.2, 0.25) is 5.02 Å². The molecule has 0 aliphatic carbocycles. The summed E-state index contributed by atoms with van der Waals surface area (Å²) in [6.45, 7) is 4.02. The van der Waals surface area contributed by atoms with E-state index < -0.39 is 11.8 Å². The Labute approximate surface area is 195 Å². The van der Waals surface area contributed by atoms with Gasteiger partial charge in [0, 0.05) is 10.6 Å². The zero-order chi connectivity index (χ0) is 22.5. The second-order valence-electron chi connectivity index (χ2n) is 6.71. The van der Waals surface area contributed by atoms with Crippen LogP contribution >= 0.6 is 35.6 Å². The molecule has 1 aliphatic heterocycles. The molecule has 2 aromatic carbocycles. The molecule has 0 unspecified atom stereocenters. The van der Waals surface area contributed by atoms with Gasteiger partial charge in [-0.15, -0.1) is 0 Å². The van der Waals surface area contributed by atoms with E-state index in [1.807, 2.05) is 19.9 Å². The number of thiocarbonyl (C=S) groups is 1. The van der Waals surface area contributed by atoms with Crippen LogP contribution in [-0.4, -0.2) is 34.4 Å². The first-order chi connectivity index (χ1) is 14.8. The molecular formula is C22H21ClN2O4S2. The Morgan fingerprint density at radius 2 is 1.97 bits per heavy atom. The molecule has 9 heteroatoms. The second kappa shape index (κ2) is 10.2. The van der Waals surface area contributed by atoms with Crippen LogP contribution in [0.25, 0.3) is 6.08 Å². The lowest BCUT2D eigenvalue weighted by molar-refractivity contribution is -0.123. The first-order valence-electron chi connectivity index (χ1n) is 9.51. The van der Waals surface area contributed by atoms with Gasteiger partial charge in [0.15, 0.2) is 15.8 Å². The molecule has 31 heavy (non-hydrogen) atoms. The highest BCUT2D eigenvalue weighted by atomic mass is 35.5. The van der Waals surface area contributed by atoms with E-state index in [-0.39, 0.29) is 10.4 Å². The van der Waals surface area contributed by atoms with Crippen molar-refractivity contribution in [1.82, 2.24) is 10.4 Å². The number of amides is 2. The zero-order valence-electron chi connectivity index (χ0n) is 17.2. The van der Waals surface area contributed by atoms with Crippen molar-refractivity contribution in [1.29, 1.82) is 0 Å². The summed E-state index contributed by atoms with van der Waals surface area (Å²) in [6, 6.07) is 11.8. The quantitative estimate of drug-likeness (QED) is 0.444. The zero-order valence-corrected chi connectivity index (χ0v) is 19.6. The largest absolute Gasteiger partial charge is 0.493 e. The average Bonchev–Trinajstić information content (AvgIpc) is 3.02. The number of nitrogens with zero attached hydrogens (tertiary/aromatic N) is 1. The number of hydrazine groups is 1. The fraction of sp³-hybridized carbons (Fsp3) is 0.227. The Balaban J connectivity index is 1.76. The Morgan fingerprint density at radius 1 is 1.26 bits per heavy atom. The first-order valence-corrected chi connectivity index (χ1v) is 11.1. The van der Waals surface area contributed by atoms with Crippen molar-refractivity contribution in [2.75, 3.05) is 7.11 Å². The Kier molecular flexibility index (Phi) is 7.59. The van der Waals surface area contributed by atoms with E-state index in [4.69, 9.17) is 33.3 Å². The molecule has 162 valence electrons. The van der Waals surface area contributed by atoms with Crippen LogP contribution in [0, 0.1) is 0 Å². The van der Waals surface area contributed by atoms with Crippen LogP contribution in [-0.2, 0) is 4.79 Å². The van der Waals surface area contributed by atoms with Crippen LogP contribution in [0.4, 0.5) is 0 Å². The van der Waals surface area contributed by atoms with Crippen LogP contribution in [0.15, 0.2) is 47.4 Å². The van der Waals surface area contributed by atoms with Gasteiger partial charge in [-0.25, -0.2) is 0 Å². The minimum absolute atomic E-state index is 0.0558. The number of ether oxygens (including phenoxy) is 2. The smallest absolute Gasteiger partial charge is 0.285 e. The highest BCUT2D eigenvalue weighted by molar-refractivity contribution is 8.26. The Bertz CT molecular complexity index is 1040. The van der Waals surface area contributed by atoms with E-state index in [1.54, 1.807) is 49.6 Å². The first kappa shape index (κ1) is 23.1. The fourth-order valence-electron chi connectivity index (χ4n) is 2.65. The standard InChI is InChI=1S/C22H21ClN2O4S2/c1-4-13(2)29-17-10-5-14(11-18(17)28-3)12-19-21(27)25(22(30)31-19)24-20(26)15-6-8-16(23)9-7-15/h5-13H,4H2,1-3H3,(H,24,26)/b19-12-/t13-/m0/s1. The normalized spacial score (nSPS) is 15.9. The molecule has 2 aromatic rings. The molecule has 0 saturated carbocycles. The van der Waals surface area contributed by atoms with Crippen LogP contribution in [0.5, 0.6) is 11.5 Å². The maximum absolute atomic E-state index is 12.8. The molecule has 1 atom stereocenters. The highest BCUT2D eigenvalue weighted by Crippen LogP contribution is 2.34. The van der Waals surface area contributed by atoms with E-state index in [0.717, 1.165) is 28.8 Å². The third kappa shape index (κ3) is 5.58. The number of carbonyl (C=O) groups excluding carboxylic acids is 2. The van der Waals surface area contributed by atoms with Crippen molar-refractivity contribution in [2.24, 2.45) is 0 Å². The van der Waals surface area contributed by atoms with E-state index in [9.17, 15) is 9.59 Å². The van der Waals surface area contributed by atoms with Crippen molar-refractivity contribution in [3.05, 3.63) is 63.5 Å². The molecule has 1 fully saturated rings. The summed E-state index contributed by atoms with van der Waals surface area (Å²) in [5.41, 5.74) is 3.66. The van der Waals surface area contributed by atoms with Gasteiger partial charge in [-0.3, -0.25) is 15.0 Å². The number of thioether (sulfide) groups is 1. The van der Waals surface area contributed by atoms with Gasteiger partial charge in [-0.2, -0.15) is 5.01 Å². The summed E-state index contributed by atoms with van der Waals surface area (Å²) in [4.78, 5) is 25.6. The fourth-order valence-corrected chi connectivity index (χ4v) is 3.96. The molecule has 1 aliphatic rings. The second-order valence-corrected chi connectivity index (χ2v) is 8.82. The number of methoxy groups -OCH3 is 1. The molecule has 1 saturated heterocycles. The van der Waals surface area contributed by atoms with Crippen molar-refractivity contribution in [3.8, 4) is 11.5 Å². The molecule has 3 rings (SSSR count). The molecule has 1 N–H and O–H groups in total. The lowest BCUT2D eigenvalue weighted by atomic mass is 10.1. The minimum Gasteiger partial charge on any atom is -0.493 e. The average molecular weight is 477 g/mol. The monoisotopic (exact) mass is 476 g/mol. The van der Waals surface area contributed by atoms with Gasteiger partial charge in [0.25, 0.3) is 11.8 Å². The molecule has 0 radical (unpaired) electrons. The van der Waals surface area contributed by atoms with Crippen LogP contribution < -0.4 is 14.9 Å². The topological polar surface area (TPSA) is 67.9 Å². The van der Waals surface area contributed by atoms with Crippen molar-refractivity contribution >= 4 is 57.8 Å². The SMILES string of the molecule is CC[C@H](C)Oc1ccc(/C=C2\SC(=S)N(NC(=O)c3ccc(Cl)cc3)C2=O)cc1OC. The molecule has 0 bridgehead atoms. The van der Waals surface area contributed by atoms with Crippen molar-refractivity contribution in [2.45, 2.75) is 26.4 Å². The van der Waals surface area contributed by atoms with Gasteiger partial charge in [0.1, 0.15) is 0 Å². The number of halogens is 1. The summed E-state index contributed by atoms with van der Waals surface area (Å²) in [5.74, 6) is 0.344. The summed E-state index contributed by atoms with van der Waals surface area (Å²) >= 11 is 12.2. The predicted octanol–water partition coefficient (Wildman–Crippen LogP) is 5.07. The van der Waals surface area contributed by atoms with Crippen molar-refractivity contribution in [3.63, 3.8) is 0 Å². The van der Waals surface area contributed by atoms with Gasteiger partial charge in [0.2, 0.25) is 0 Å². The van der Waals surface area contributed by atoms with Gasteiger partial charge in [-0.1, -0.05) is 36.4 Å². The van der Waals surface area contributed by atoms with Crippen LogP contribution in [0.3, 0.4) is 0 Å². The Hall–Kier alpha value is -2.55. The number of rotatable bonds is 7.